The molecule has 5 atom stereocenters. The number of hydrogen-bond donors (Lipinski definition) is 3. The number of hydrogen-bond acceptors (Lipinski definition) is 15. The normalized spacial score (nSPS) is 14.3. The number of phosphoric ester groups is 2. The Bertz CT molecular complexity index is 1750. The zero-order valence-corrected chi connectivity index (χ0v) is 56.6. The Balaban J connectivity index is 5.25. The fourth-order valence-corrected chi connectivity index (χ4v) is 11.2. The number of unbranched alkanes of at least 4 members (excludes halogenated alkanes) is 37. The summed E-state index contributed by atoms with van der Waals surface area (Å²) in [6.45, 7) is 4.81. The molecule has 0 aromatic carbocycles. The minimum absolute atomic E-state index is 0.0856. The fraction of sp³-hybridized carbons (Fsp3) is 0.881. The van der Waals surface area contributed by atoms with Crippen molar-refractivity contribution in [1.29, 1.82) is 0 Å². The van der Waals surface area contributed by atoms with Gasteiger partial charge in [0.25, 0.3) is 0 Å². The predicted molar refractivity (Wildman–Crippen MR) is 345 cm³/mol. The largest absolute Gasteiger partial charge is 0.472 e. The second-order valence-electron chi connectivity index (χ2n) is 23.5. The van der Waals surface area contributed by atoms with E-state index in [2.05, 4.69) is 52.0 Å². The van der Waals surface area contributed by atoms with Crippen molar-refractivity contribution in [1.82, 2.24) is 0 Å². The van der Waals surface area contributed by atoms with E-state index in [1.54, 1.807) is 0 Å². The van der Waals surface area contributed by atoms with E-state index in [0.717, 1.165) is 116 Å². The molecule has 86 heavy (non-hydrogen) atoms. The van der Waals surface area contributed by atoms with Crippen molar-refractivity contribution in [2.24, 2.45) is 0 Å². The molecule has 0 spiro atoms. The Hall–Kier alpha value is -2.46. The van der Waals surface area contributed by atoms with Crippen LogP contribution < -0.4 is 0 Å². The molecule has 0 aliphatic rings. The Labute approximate surface area is 522 Å². The van der Waals surface area contributed by atoms with Gasteiger partial charge in [-0.05, 0) is 51.4 Å². The highest BCUT2D eigenvalue weighted by Crippen LogP contribution is 2.45. The SMILES string of the molecule is CCCCCC/C=C\C=C/CCCCCCCC(=O)O[C@H](COC(=O)CCCCCCCCCCCCCC)COP(=O)(O)OC[C@@H](O)COP(=O)(O)OC[C@@H](COC(=O)CCCCCCCCC)OC(=O)CCCCCCCCCCCCCC. The third kappa shape index (κ3) is 60.5. The smallest absolute Gasteiger partial charge is 0.462 e. The average Bonchev–Trinajstić information content (AvgIpc) is 3.71. The first-order valence-corrected chi connectivity index (χ1v) is 37.6. The standard InChI is InChI=1S/C67H126O17P2/c1-5-9-13-17-21-24-27-30-31-32-35-38-42-46-50-54-67(72)84-63(58-78-65(70)52-48-44-40-36-33-28-25-22-18-14-10-6-2)60-82-86(75,76)80-56-61(68)55-79-85(73,74)81-59-62(57-77-64(69)51-47-43-39-20-16-12-8-4)83-66(71)53-49-45-41-37-34-29-26-23-19-15-11-7-3/h24,27,30-31,61-63,68H,5-23,25-26,28-29,32-60H2,1-4H3,(H,73,74)(H,75,76)/b27-24-,31-30-/t61-,62+,63+/m0/s1. The Kier molecular flexibility index (Phi) is 59.6. The number of aliphatic hydroxyl groups excluding tert-OH is 1. The number of aliphatic hydroxyl groups is 1. The molecule has 2 unspecified atom stereocenters. The molecule has 0 bridgehead atoms. The summed E-state index contributed by atoms with van der Waals surface area (Å²) in [5.41, 5.74) is 0. The predicted octanol–water partition coefficient (Wildman–Crippen LogP) is 18.7. The van der Waals surface area contributed by atoms with E-state index in [4.69, 9.17) is 37.0 Å². The van der Waals surface area contributed by atoms with Crippen molar-refractivity contribution in [3.05, 3.63) is 24.3 Å². The van der Waals surface area contributed by atoms with E-state index in [-0.39, 0.29) is 25.7 Å². The van der Waals surface area contributed by atoms with E-state index in [9.17, 15) is 43.2 Å². The lowest BCUT2D eigenvalue weighted by Crippen LogP contribution is -2.30. The molecule has 3 N–H and O–H groups in total. The Morgan fingerprint density at radius 1 is 0.326 bits per heavy atom. The van der Waals surface area contributed by atoms with Gasteiger partial charge in [0.05, 0.1) is 26.4 Å². The average molecular weight is 1270 g/mol. The molecule has 0 saturated heterocycles. The van der Waals surface area contributed by atoms with Crippen molar-refractivity contribution in [2.75, 3.05) is 39.6 Å². The van der Waals surface area contributed by atoms with E-state index in [0.29, 0.717) is 25.7 Å². The second kappa shape index (κ2) is 61.4. The molecule has 0 aromatic rings. The van der Waals surface area contributed by atoms with Crippen LogP contribution in [0.1, 0.15) is 323 Å². The van der Waals surface area contributed by atoms with Crippen LogP contribution in [-0.4, -0.2) is 96.7 Å². The van der Waals surface area contributed by atoms with Crippen LogP contribution in [0.2, 0.25) is 0 Å². The van der Waals surface area contributed by atoms with Gasteiger partial charge in [0.15, 0.2) is 12.2 Å². The van der Waals surface area contributed by atoms with Gasteiger partial charge in [0.2, 0.25) is 0 Å². The maximum atomic E-state index is 13.0. The van der Waals surface area contributed by atoms with E-state index in [1.165, 1.54) is 128 Å². The summed E-state index contributed by atoms with van der Waals surface area (Å²) < 4.78 is 68.0. The first-order valence-electron chi connectivity index (χ1n) is 34.6. The maximum absolute atomic E-state index is 13.0. The Morgan fingerprint density at radius 2 is 0.558 bits per heavy atom. The monoisotopic (exact) mass is 1260 g/mol. The van der Waals surface area contributed by atoms with Gasteiger partial charge in [-0.15, -0.1) is 0 Å². The number of rotatable bonds is 66. The molecule has 506 valence electrons. The lowest BCUT2D eigenvalue weighted by molar-refractivity contribution is -0.161. The number of carbonyl (C=O) groups is 4. The summed E-state index contributed by atoms with van der Waals surface area (Å²) in [4.78, 5) is 72.2. The zero-order chi connectivity index (χ0) is 63.3. The highest BCUT2D eigenvalue weighted by molar-refractivity contribution is 7.47. The molecule has 0 saturated carbocycles. The minimum atomic E-state index is -4.95. The van der Waals surface area contributed by atoms with Crippen LogP contribution in [0.25, 0.3) is 0 Å². The first kappa shape index (κ1) is 83.5. The van der Waals surface area contributed by atoms with Crippen LogP contribution in [0, 0.1) is 0 Å². The van der Waals surface area contributed by atoms with Crippen molar-refractivity contribution in [2.45, 2.75) is 341 Å². The van der Waals surface area contributed by atoms with E-state index < -0.39 is 97.5 Å². The van der Waals surface area contributed by atoms with E-state index >= 15 is 0 Å². The van der Waals surface area contributed by atoms with Crippen LogP contribution in [0.15, 0.2) is 24.3 Å². The maximum Gasteiger partial charge on any atom is 0.472 e. The molecule has 0 heterocycles. The molecule has 0 rings (SSSR count). The van der Waals surface area contributed by atoms with Crippen molar-refractivity contribution < 1.29 is 80.2 Å². The highest BCUT2D eigenvalue weighted by Gasteiger charge is 2.30. The quantitative estimate of drug-likeness (QED) is 0.0169. The van der Waals surface area contributed by atoms with Gasteiger partial charge in [0.1, 0.15) is 19.3 Å². The molecule has 0 aliphatic heterocycles. The number of esters is 4. The molecule has 0 aromatic heterocycles. The molecule has 0 aliphatic carbocycles. The minimum Gasteiger partial charge on any atom is -0.462 e. The van der Waals surface area contributed by atoms with Gasteiger partial charge in [-0.2, -0.15) is 0 Å². The molecule has 0 amide bonds. The van der Waals surface area contributed by atoms with Crippen molar-refractivity contribution >= 4 is 39.5 Å². The van der Waals surface area contributed by atoms with Crippen molar-refractivity contribution in [3.63, 3.8) is 0 Å². The summed E-state index contributed by atoms with van der Waals surface area (Å²) in [5.74, 6) is -2.16. The van der Waals surface area contributed by atoms with Crippen LogP contribution in [0.5, 0.6) is 0 Å². The van der Waals surface area contributed by atoms with Crippen LogP contribution in [0.3, 0.4) is 0 Å². The molecular formula is C67H126O17P2. The number of carbonyl (C=O) groups excluding carboxylic acids is 4. The lowest BCUT2D eigenvalue weighted by atomic mass is 10.0. The van der Waals surface area contributed by atoms with Gasteiger partial charge in [-0.25, -0.2) is 9.13 Å². The molecular weight excluding hydrogens is 1140 g/mol. The molecule has 19 heteroatoms. The summed E-state index contributed by atoms with van der Waals surface area (Å²) >= 11 is 0. The highest BCUT2D eigenvalue weighted by atomic mass is 31.2. The topological polar surface area (TPSA) is 237 Å². The number of phosphoric acid groups is 2. The number of allylic oxidation sites excluding steroid dienone is 4. The third-order valence-corrected chi connectivity index (χ3v) is 16.9. The van der Waals surface area contributed by atoms with Gasteiger partial charge in [-0.3, -0.25) is 37.3 Å². The molecule has 17 nitrogen and oxygen atoms in total. The van der Waals surface area contributed by atoms with E-state index in [1.807, 2.05) is 0 Å². The molecule has 0 radical (unpaired) electrons. The second-order valence-corrected chi connectivity index (χ2v) is 26.4. The summed E-state index contributed by atoms with van der Waals surface area (Å²) in [5, 5.41) is 10.5. The fourth-order valence-electron chi connectivity index (χ4n) is 9.62. The van der Waals surface area contributed by atoms with Crippen molar-refractivity contribution in [3.8, 4) is 0 Å². The van der Waals surface area contributed by atoms with Crippen LogP contribution >= 0.6 is 15.6 Å². The number of ether oxygens (including phenoxy) is 4. The lowest BCUT2D eigenvalue weighted by Gasteiger charge is -2.21. The van der Waals surface area contributed by atoms with Crippen LogP contribution in [0.4, 0.5) is 0 Å². The first-order chi connectivity index (χ1) is 41.7. The van der Waals surface area contributed by atoms with Gasteiger partial charge in [0, 0.05) is 25.7 Å². The zero-order valence-electron chi connectivity index (χ0n) is 54.8. The van der Waals surface area contributed by atoms with Gasteiger partial charge in [-0.1, -0.05) is 270 Å². The van der Waals surface area contributed by atoms with Crippen LogP contribution in [-0.2, 0) is 65.4 Å². The third-order valence-electron chi connectivity index (χ3n) is 15.0. The summed E-state index contributed by atoms with van der Waals surface area (Å²) in [6, 6.07) is 0. The van der Waals surface area contributed by atoms with Gasteiger partial charge >= 0.3 is 39.5 Å². The Morgan fingerprint density at radius 3 is 0.849 bits per heavy atom. The van der Waals surface area contributed by atoms with Gasteiger partial charge < -0.3 is 33.8 Å². The summed E-state index contributed by atoms with van der Waals surface area (Å²) in [7, 11) is -9.90. The summed E-state index contributed by atoms with van der Waals surface area (Å²) in [6.07, 6.45) is 50.7. The molecule has 0 fully saturated rings.